The number of nitrogens with zero attached hydrogens (tertiary/aromatic N) is 2. The summed E-state index contributed by atoms with van der Waals surface area (Å²) in [5.74, 6) is 2.94. The van der Waals surface area contributed by atoms with Crippen molar-refractivity contribution in [3.63, 3.8) is 0 Å². The number of hydrogen-bond acceptors (Lipinski definition) is 6. The van der Waals surface area contributed by atoms with E-state index >= 15 is 0 Å². The zero-order valence-corrected chi connectivity index (χ0v) is 12.5. The lowest BCUT2D eigenvalue weighted by Crippen LogP contribution is -2.30. The summed E-state index contributed by atoms with van der Waals surface area (Å²) in [6.45, 7) is 7.13. The lowest BCUT2D eigenvalue weighted by atomic mass is 10.1. The first kappa shape index (κ1) is 14.4. The summed E-state index contributed by atoms with van der Waals surface area (Å²) in [5, 5.41) is 16.0. The molecule has 1 aromatic rings. The maximum atomic E-state index is 9.45. The van der Waals surface area contributed by atoms with Gasteiger partial charge in [0.1, 0.15) is 5.82 Å². The second-order valence-corrected chi connectivity index (χ2v) is 6.08. The molecule has 106 valence electrons. The summed E-state index contributed by atoms with van der Waals surface area (Å²) < 4.78 is 0. The van der Waals surface area contributed by atoms with Crippen molar-refractivity contribution < 1.29 is 5.11 Å². The summed E-state index contributed by atoms with van der Waals surface area (Å²) in [7, 11) is 0. The van der Waals surface area contributed by atoms with E-state index < -0.39 is 0 Å². The summed E-state index contributed by atoms with van der Waals surface area (Å²) in [6, 6.07) is 0.0228. The Morgan fingerprint density at radius 2 is 2.16 bits per heavy atom. The minimum Gasteiger partial charge on any atom is -0.394 e. The van der Waals surface area contributed by atoms with Gasteiger partial charge in [-0.25, -0.2) is 4.98 Å². The van der Waals surface area contributed by atoms with E-state index in [0.29, 0.717) is 11.9 Å². The second kappa shape index (κ2) is 6.43. The number of thioether (sulfide) groups is 1. The van der Waals surface area contributed by atoms with Crippen molar-refractivity contribution in [2.24, 2.45) is 5.92 Å². The van der Waals surface area contributed by atoms with Crippen LogP contribution in [-0.4, -0.2) is 40.0 Å². The average Bonchev–Trinajstić information content (AvgIpc) is 2.84. The number of aromatic nitrogens is 2. The molecule has 1 aromatic heterocycles. The Labute approximate surface area is 118 Å². The van der Waals surface area contributed by atoms with Gasteiger partial charge in [-0.3, -0.25) is 0 Å². The summed E-state index contributed by atoms with van der Waals surface area (Å²) in [4.78, 5) is 10.2. The summed E-state index contributed by atoms with van der Waals surface area (Å²) >= 11 is 1.79. The van der Waals surface area contributed by atoms with E-state index in [0.717, 1.165) is 35.1 Å². The highest BCUT2D eigenvalue weighted by Gasteiger charge is 2.22. The summed E-state index contributed by atoms with van der Waals surface area (Å²) in [6.07, 6.45) is 0.987. The van der Waals surface area contributed by atoms with Crippen LogP contribution in [0, 0.1) is 5.92 Å². The van der Waals surface area contributed by atoms with Gasteiger partial charge in [-0.1, -0.05) is 13.8 Å². The van der Waals surface area contributed by atoms with Crippen molar-refractivity contribution in [2.45, 2.75) is 38.1 Å². The maximum absolute atomic E-state index is 9.45. The van der Waals surface area contributed by atoms with Gasteiger partial charge in [-0.05, 0) is 12.8 Å². The zero-order chi connectivity index (χ0) is 13.8. The largest absolute Gasteiger partial charge is 0.394 e. The minimum atomic E-state index is 0.0228. The van der Waals surface area contributed by atoms with Gasteiger partial charge < -0.3 is 15.7 Å². The van der Waals surface area contributed by atoms with Crippen LogP contribution in [0.3, 0.4) is 0 Å². The molecule has 0 amide bonds. The topological polar surface area (TPSA) is 70.1 Å². The highest BCUT2D eigenvalue weighted by atomic mass is 32.2. The molecule has 5 nitrogen and oxygen atoms in total. The number of nitrogens with one attached hydrogen (secondary N) is 2. The molecule has 6 heteroatoms. The number of rotatable bonds is 6. The Balaban J connectivity index is 2.27. The molecular weight excluding hydrogens is 260 g/mol. The molecule has 0 aromatic carbocycles. The molecule has 0 saturated heterocycles. The van der Waals surface area contributed by atoms with Gasteiger partial charge >= 0.3 is 0 Å². The van der Waals surface area contributed by atoms with E-state index in [2.05, 4.69) is 34.4 Å². The van der Waals surface area contributed by atoms with Crippen LogP contribution in [0.4, 0.5) is 11.8 Å². The van der Waals surface area contributed by atoms with Crippen molar-refractivity contribution >= 4 is 23.5 Å². The first-order chi connectivity index (χ1) is 9.15. The molecule has 2 heterocycles. The first-order valence-corrected chi connectivity index (χ1v) is 7.79. The van der Waals surface area contributed by atoms with Crippen molar-refractivity contribution in [3.05, 3.63) is 5.69 Å². The zero-order valence-electron chi connectivity index (χ0n) is 11.7. The van der Waals surface area contributed by atoms with E-state index in [9.17, 15) is 5.11 Å². The molecule has 0 aliphatic carbocycles. The molecule has 3 N–H and O–H groups in total. The molecule has 1 aliphatic rings. The van der Waals surface area contributed by atoms with Gasteiger partial charge in [0.05, 0.1) is 23.2 Å². The molecule has 1 unspecified atom stereocenters. The van der Waals surface area contributed by atoms with Crippen LogP contribution >= 0.6 is 11.8 Å². The van der Waals surface area contributed by atoms with Crippen molar-refractivity contribution in [2.75, 3.05) is 29.5 Å². The lowest BCUT2D eigenvalue weighted by molar-refractivity contribution is 0.249. The molecule has 0 fully saturated rings. The van der Waals surface area contributed by atoms with Gasteiger partial charge in [-0.15, -0.1) is 11.8 Å². The van der Waals surface area contributed by atoms with Crippen LogP contribution in [0.25, 0.3) is 0 Å². The minimum absolute atomic E-state index is 0.0228. The van der Waals surface area contributed by atoms with Crippen LogP contribution in [0.15, 0.2) is 4.90 Å². The molecule has 19 heavy (non-hydrogen) atoms. The third-order valence-electron chi connectivity index (χ3n) is 3.18. The molecule has 0 saturated carbocycles. The SMILES string of the molecule is CCNc1nc2c(c(NC(CO)C(C)C)n1)SCC2. The Hall–Kier alpha value is -1.01. The van der Waals surface area contributed by atoms with Crippen LogP contribution in [0.2, 0.25) is 0 Å². The van der Waals surface area contributed by atoms with E-state index in [-0.39, 0.29) is 12.6 Å². The maximum Gasteiger partial charge on any atom is 0.224 e. The van der Waals surface area contributed by atoms with Gasteiger partial charge in [0, 0.05) is 18.7 Å². The predicted octanol–water partition coefficient (Wildman–Crippen LogP) is 1.99. The van der Waals surface area contributed by atoms with E-state index in [1.165, 1.54) is 0 Å². The second-order valence-electron chi connectivity index (χ2n) is 4.98. The fraction of sp³-hybridized carbons (Fsp3) is 0.692. The van der Waals surface area contributed by atoms with Crippen LogP contribution < -0.4 is 10.6 Å². The highest BCUT2D eigenvalue weighted by molar-refractivity contribution is 7.99. The number of aliphatic hydroxyl groups is 1. The molecule has 0 radical (unpaired) electrons. The molecule has 0 spiro atoms. The van der Waals surface area contributed by atoms with Crippen LogP contribution in [0.5, 0.6) is 0 Å². The van der Waals surface area contributed by atoms with Crippen molar-refractivity contribution in [3.8, 4) is 0 Å². The number of aliphatic hydroxyl groups excluding tert-OH is 1. The molecule has 1 aliphatic heterocycles. The monoisotopic (exact) mass is 282 g/mol. The Morgan fingerprint density at radius 3 is 2.79 bits per heavy atom. The van der Waals surface area contributed by atoms with Crippen molar-refractivity contribution in [1.29, 1.82) is 0 Å². The van der Waals surface area contributed by atoms with Crippen LogP contribution in [0.1, 0.15) is 26.5 Å². The number of aryl methyl sites for hydroxylation is 1. The van der Waals surface area contributed by atoms with E-state index in [4.69, 9.17) is 0 Å². The Morgan fingerprint density at radius 1 is 1.37 bits per heavy atom. The standard InChI is InChI=1S/C13H22N4OS/c1-4-14-13-16-9-5-6-19-11(9)12(17-13)15-10(7-18)8(2)3/h8,10,18H,4-7H2,1-3H3,(H2,14,15,16,17). The van der Waals surface area contributed by atoms with Gasteiger partial charge in [0.2, 0.25) is 5.95 Å². The Bertz CT molecular complexity index is 439. The van der Waals surface area contributed by atoms with Crippen molar-refractivity contribution in [1.82, 2.24) is 9.97 Å². The van der Waals surface area contributed by atoms with Crippen LogP contribution in [-0.2, 0) is 6.42 Å². The molecular formula is C13H22N4OS. The number of anilines is 2. The Kier molecular flexibility index (Phi) is 4.87. The van der Waals surface area contributed by atoms with Gasteiger partial charge in [0.15, 0.2) is 0 Å². The summed E-state index contributed by atoms with van der Waals surface area (Å²) in [5.41, 5.74) is 1.11. The third-order valence-corrected chi connectivity index (χ3v) is 4.31. The third kappa shape index (κ3) is 3.30. The first-order valence-electron chi connectivity index (χ1n) is 6.80. The molecule has 1 atom stereocenters. The fourth-order valence-corrected chi connectivity index (χ4v) is 3.06. The molecule has 0 bridgehead atoms. The predicted molar refractivity (Wildman–Crippen MR) is 80.0 cm³/mol. The average molecular weight is 282 g/mol. The van der Waals surface area contributed by atoms with Gasteiger partial charge in [0.25, 0.3) is 0 Å². The smallest absolute Gasteiger partial charge is 0.224 e. The van der Waals surface area contributed by atoms with E-state index in [1.54, 1.807) is 11.8 Å². The van der Waals surface area contributed by atoms with Gasteiger partial charge in [-0.2, -0.15) is 4.98 Å². The normalized spacial score (nSPS) is 15.4. The fourth-order valence-electron chi connectivity index (χ4n) is 2.00. The lowest BCUT2D eigenvalue weighted by Gasteiger charge is -2.22. The quantitative estimate of drug-likeness (QED) is 0.741. The van der Waals surface area contributed by atoms with E-state index in [1.807, 2.05) is 6.92 Å². The molecule has 2 rings (SSSR count). The number of hydrogen-bond donors (Lipinski definition) is 3. The number of fused-ring (bicyclic) bond motifs is 1. The highest BCUT2D eigenvalue weighted by Crippen LogP contribution is 2.36.